The van der Waals surface area contributed by atoms with Crippen molar-refractivity contribution in [2.24, 2.45) is 0 Å². The minimum atomic E-state index is 0.113. The third-order valence-corrected chi connectivity index (χ3v) is 6.07. The van der Waals surface area contributed by atoms with Crippen molar-refractivity contribution in [1.82, 2.24) is 15.2 Å². The zero-order valence-corrected chi connectivity index (χ0v) is 14.9. The van der Waals surface area contributed by atoms with E-state index >= 15 is 0 Å². The van der Waals surface area contributed by atoms with Gasteiger partial charge in [-0.05, 0) is 25.0 Å². The largest absolute Gasteiger partial charge is 0.353 e. The molecule has 3 heterocycles. The van der Waals surface area contributed by atoms with E-state index in [0.29, 0.717) is 12.8 Å². The topological polar surface area (TPSA) is 65.5 Å². The second-order valence-corrected chi connectivity index (χ2v) is 7.68. The number of piperazine rings is 1. The normalized spacial score (nSPS) is 21.0. The van der Waals surface area contributed by atoms with Crippen molar-refractivity contribution in [2.45, 2.75) is 31.7 Å². The molecule has 25 heavy (non-hydrogen) atoms. The van der Waals surface area contributed by atoms with Crippen LogP contribution in [0.15, 0.2) is 24.3 Å². The Morgan fingerprint density at radius 3 is 2.76 bits per heavy atom. The Balaban J connectivity index is 1.28. The summed E-state index contributed by atoms with van der Waals surface area (Å²) in [5.74, 6) is 0.312. The minimum Gasteiger partial charge on any atom is -0.353 e. The number of aromatic nitrogens is 1. The first-order chi connectivity index (χ1) is 12.2. The standard InChI is InChI=1S/C18H22N4O2S/c23-16-7-5-13(19-16)6-8-17(24)21-9-11-22(12-10-21)18-20-14-3-1-2-4-15(14)25-18/h1-4,13H,5-12H2,(H,19,23)/t13-/m0/s1. The zero-order chi connectivity index (χ0) is 17.2. The van der Waals surface area contributed by atoms with E-state index in [1.54, 1.807) is 11.3 Å². The number of para-hydroxylation sites is 1. The number of carbonyl (C=O) groups is 2. The quantitative estimate of drug-likeness (QED) is 0.908. The molecule has 1 N–H and O–H groups in total. The third-order valence-electron chi connectivity index (χ3n) is 4.98. The molecule has 2 aliphatic heterocycles. The van der Waals surface area contributed by atoms with Crippen LogP contribution in [0, 0.1) is 0 Å². The van der Waals surface area contributed by atoms with Crippen molar-refractivity contribution in [3.63, 3.8) is 0 Å². The predicted octanol–water partition coefficient (Wildman–Crippen LogP) is 2.00. The lowest BCUT2D eigenvalue weighted by molar-refractivity contribution is -0.131. The molecule has 0 spiro atoms. The fourth-order valence-electron chi connectivity index (χ4n) is 3.49. The zero-order valence-electron chi connectivity index (χ0n) is 14.1. The predicted molar refractivity (Wildman–Crippen MR) is 98.8 cm³/mol. The lowest BCUT2D eigenvalue weighted by Gasteiger charge is -2.34. The fourth-order valence-corrected chi connectivity index (χ4v) is 4.51. The highest BCUT2D eigenvalue weighted by Gasteiger charge is 2.25. The molecule has 1 aromatic carbocycles. The number of nitrogens with zero attached hydrogens (tertiary/aromatic N) is 3. The van der Waals surface area contributed by atoms with Gasteiger partial charge < -0.3 is 15.1 Å². The molecule has 2 aliphatic rings. The summed E-state index contributed by atoms with van der Waals surface area (Å²) < 4.78 is 1.20. The molecule has 6 nitrogen and oxygen atoms in total. The number of amides is 2. The summed E-state index contributed by atoms with van der Waals surface area (Å²) in [4.78, 5) is 32.5. The molecule has 132 valence electrons. The van der Waals surface area contributed by atoms with Gasteiger partial charge in [0.15, 0.2) is 5.13 Å². The molecule has 0 radical (unpaired) electrons. The van der Waals surface area contributed by atoms with Crippen LogP contribution in [0.1, 0.15) is 25.7 Å². The minimum absolute atomic E-state index is 0.113. The Bertz CT molecular complexity index is 749. The van der Waals surface area contributed by atoms with Gasteiger partial charge in [0.05, 0.1) is 10.2 Å². The highest BCUT2D eigenvalue weighted by atomic mass is 32.1. The Hall–Kier alpha value is -2.15. The van der Waals surface area contributed by atoms with E-state index < -0.39 is 0 Å². The van der Waals surface area contributed by atoms with E-state index in [4.69, 9.17) is 4.98 Å². The molecule has 0 saturated carbocycles. The van der Waals surface area contributed by atoms with Crippen molar-refractivity contribution in [2.75, 3.05) is 31.1 Å². The molecule has 2 amide bonds. The van der Waals surface area contributed by atoms with E-state index in [0.717, 1.165) is 49.7 Å². The van der Waals surface area contributed by atoms with E-state index in [1.807, 2.05) is 23.1 Å². The molecular weight excluding hydrogens is 336 g/mol. The molecule has 0 bridgehead atoms. The Labute approximate surface area is 150 Å². The van der Waals surface area contributed by atoms with Crippen molar-refractivity contribution in [3.8, 4) is 0 Å². The van der Waals surface area contributed by atoms with E-state index in [1.165, 1.54) is 4.70 Å². The maximum absolute atomic E-state index is 12.4. The second-order valence-electron chi connectivity index (χ2n) is 6.67. The van der Waals surface area contributed by atoms with Crippen LogP contribution in [-0.2, 0) is 9.59 Å². The third kappa shape index (κ3) is 3.61. The van der Waals surface area contributed by atoms with Crippen molar-refractivity contribution >= 4 is 38.5 Å². The van der Waals surface area contributed by atoms with Gasteiger partial charge in [-0.2, -0.15) is 0 Å². The summed E-state index contributed by atoms with van der Waals surface area (Å²) in [6, 6.07) is 8.36. The highest BCUT2D eigenvalue weighted by molar-refractivity contribution is 7.22. The lowest BCUT2D eigenvalue weighted by Crippen LogP contribution is -2.49. The van der Waals surface area contributed by atoms with Gasteiger partial charge in [0.25, 0.3) is 0 Å². The Kier molecular flexibility index (Phi) is 4.57. The fraction of sp³-hybridized carbons (Fsp3) is 0.500. The van der Waals surface area contributed by atoms with Crippen LogP contribution in [-0.4, -0.2) is 53.9 Å². The molecule has 0 aliphatic carbocycles. The van der Waals surface area contributed by atoms with E-state index in [2.05, 4.69) is 16.3 Å². The summed E-state index contributed by atoms with van der Waals surface area (Å²) in [7, 11) is 0. The van der Waals surface area contributed by atoms with Gasteiger partial charge >= 0.3 is 0 Å². The maximum Gasteiger partial charge on any atom is 0.222 e. The van der Waals surface area contributed by atoms with Crippen LogP contribution in [0.5, 0.6) is 0 Å². The molecule has 2 saturated heterocycles. The number of rotatable bonds is 4. The summed E-state index contributed by atoms with van der Waals surface area (Å²) in [6.07, 6.45) is 2.73. The van der Waals surface area contributed by atoms with E-state index in [9.17, 15) is 9.59 Å². The molecule has 1 atom stereocenters. The number of hydrogen-bond acceptors (Lipinski definition) is 5. The molecule has 1 aromatic heterocycles. The van der Waals surface area contributed by atoms with Crippen LogP contribution in [0.25, 0.3) is 10.2 Å². The molecule has 0 unspecified atom stereocenters. The average molecular weight is 358 g/mol. The number of hydrogen-bond donors (Lipinski definition) is 1. The first-order valence-corrected chi connectivity index (χ1v) is 9.68. The Morgan fingerprint density at radius 1 is 1.24 bits per heavy atom. The van der Waals surface area contributed by atoms with Crippen LogP contribution in [0.2, 0.25) is 0 Å². The summed E-state index contributed by atoms with van der Waals surface area (Å²) in [5.41, 5.74) is 1.04. The first-order valence-electron chi connectivity index (χ1n) is 8.87. The highest BCUT2D eigenvalue weighted by Crippen LogP contribution is 2.29. The first kappa shape index (κ1) is 16.3. The molecule has 4 rings (SSSR count). The van der Waals surface area contributed by atoms with Gasteiger partial charge in [0.2, 0.25) is 11.8 Å². The van der Waals surface area contributed by atoms with Gasteiger partial charge in [-0.1, -0.05) is 23.5 Å². The number of fused-ring (bicyclic) bond motifs is 1. The van der Waals surface area contributed by atoms with Gasteiger partial charge in [-0.15, -0.1) is 0 Å². The Morgan fingerprint density at radius 2 is 2.04 bits per heavy atom. The summed E-state index contributed by atoms with van der Waals surface area (Å²) in [6.45, 7) is 3.13. The van der Waals surface area contributed by atoms with Gasteiger partial charge in [-0.3, -0.25) is 9.59 Å². The van der Waals surface area contributed by atoms with Gasteiger partial charge in [-0.25, -0.2) is 4.98 Å². The van der Waals surface area contributed by atoms with E-state index in [-0.39, 0.29) is 17.9 Å². The SMILES string of the molecule is O=C1CC[C@@H](CCC(=O)N2CCN(c3nc4ccccc4s3)CC2)N1. The van der Waals surface area contributed by atoms with Crippen molar-refractivity contribution < 1.29 is 9.59 Å². The second kappa shape index (κ2) is 7.00. The molecule has 7 heteroatoms. The number of benzene rings is 1. The number of thiazole rings is 1. The van der Waals surface area contributed by atoms with Crippen molar-refractivity contribution in [3.05, 3.63) is 24.3 Å². The van der Waals surface area contributed by atoms with Crippen LogP contribution in [0.4, 0.5) is 5.13 Å². The smallest absolute Gasteiger partial charge is 0.222 e. The summed E-state index contributed by atoms with van der Waals surface area (Å²) >= 11 is 1.71. The number of anilines is 1. The molecular formula is C18H22N4O2S. The maximum atomic E-state index is 12.4. The number of nitrogens with one attached hydrogen (secondary N) is 1. The molecule has 2 aromatic rings. The monoisotopic (exact) mass is 358 g/mol. The van der Waals surface area contributed by atoms with Gasteiger partial charge in [0, 0.05) is 45.1 Å². The summed E-state index contributed by atoms with van der Waals surface area (Å²) in [5, 5.41) is 3.97. The van der Waals surface area contributed by atoms with Crippen LogP contribution in [0.3, 0.4) is 0 Å². The van der Waals surface area contributed by atoms with Crippen LogP contribution >= 0.6 is 11.3 Å². The molecule has 2 fully saturated rings. The average Bonchev–Trinajstić information content (AvgIpc) is 3.25. The lowest BCUT2D eigenvalue weighted by atomic mass is 10.1. The van der Waals surface area contributed by atoms with Crippen LogP contribution < -0.4 is 10.2 Å². The van der Waals surface area contributed by atoms with Gasteiger partial charge in [0.1, 0.15) is 0 Å². The van der Waals surface area contributed by atoms with Crippen molar-refractivity contribution in [1.29, 1.82) is 0 Å². The number of carbonyl (C=O) groups excluding carboxylic acids is 2.